The summed E-state index contributed by atoms with van der Waals surface area (Å²) in [5, 5.41) is 4.12. The molecule has 1 aliphatic heterocycles. The second-order valence-electron chi connectivity index (χ2n) is 6.26. The molecule has 3 heterocycles. The standard InChI is InChI=1S/C15H21N5O/c1-9-10(2)20-7-6-19(8-13(20)16-9)11(3)15-17-14(18-21-15)12-4-5-12/h11-12H,4-8H2,1-3H3/t11-/m1/s1. The first-order valence-corrected chi connectivity index (χ1v) is 7.73. The highest BCUT2D eigenvalue weighted by Crippen LogP contribution is 2.38. The molecule has 2 aromatic rings. The van der Waals surface area contributed by atoms with Gasteiger partial charge in [0.2, 0.25) is 5.89 Å². The quantitative estimate of drug-likeness (QED) is 0.867. The van der Waals surface area contributed by atoms with E-state index < -0.39 is 0 Å². The van der Waals surface area contributed by atoms with E-state index >= 15 is 0 Å². The molecule has 0 N–H and O–H groups in total. The van der Waals surface area contributed by atoms with Crippen molar-refractivity contribution in [1.29, 1.82) is 0 Å². The molecule has 0 aromatic carbocycles. The minimum Gasteiger partial charge on any atom is -0.338 e. The Bertz CT molecular complexity index is 670. The van der Waals surface area contributed by atoms with Gasteiger partial charge in [-0.05, 0) is 33.6 Å². The van der Waals surface area contributed by atoms with Crippen LogP contribution in [0.4, 0.5) is 0 Å². The molecule has 6 heteroatoms. The molecule has 4 rings (SSSR count). The van der Waals surface area contributed by atoms with E-state index in [4.69, 9.17) is 4.52 Å². The molecule has 1 aliphatic carbocycles. The van der Waals surface area contributed by atoms with Crippen LogP contribution in [0.1, 0.15) is 60.7 Å². The number of nitrogens with zero attached hydrogens (tertiary/aromatic N) is 5. The fourth-order valence-corrected chi connectivity index (χ4v) is 3.04. The molecule has 0 radical (unpaired) electrons. The Morgan fingerprint density at radius 2 is 2.00 bits per heavy atom. The van der Waals surface area contributed by atoms with Crippen LogP contribution < -0.4 is 0 Å². The number of hydrogen-bond donors (Lipinski definition) is 0. The first kappa shape index (κ1) is 13.0. The highest BCUT2D eigenvalue weighted by atomic mass is 16.5. The van der Waals surface area contributed by atoms with Gasteiger partial charge in [0.05, 0.1) is 18.3 Å². The van der Waals surface area contributed by atoms with Crippen molar-refractivity contribution in [2.45, 2.75) is 58.7 Å². The van der Waals surface area contributed by atoms with E-state index in [1.165, 1.54) is 18.5 Å². The smallest absolute Gasteiger partial charge is 0.243 e. The van der Waals surface area contributed by atoms with Crippen molar-refractivity contribution in [3.63, 3.8) is 0 Å². The van der Waals surface area contributed by atoms with Crippen molar-refractivity contribution in [2.24, 2.45) is 0 Å². The van der Waals surface area contributed by atoms with Crippen LogP contribution in [0.3, 0.4) is 0 Å². The van der Waals surface area contributed by atoms with Gasteiger partial charge in [0.15, 0.2) is 5.82 Å². The third-order valence-electron chi connectivity index (χ3n) is 4.80. The minimum atomic E-state index is 0.149. The van der Waals surface area contributed by atoms with Gasteiger partial charge in [0.1, 0.15) is 5.82 Å². The molecule has 112 valence electrons. The molecule has 1 saturated carbocycles. The Labute approximate surface area is 124 Å². The largest absolute Gasteiger partial charge is 0.338 e. The summed E-state index contributed by atoms with van der Waals surface area (Å²) >= 11 is 0. The number of aromatic nitrogens is 4. The second kappa shape index (κ2) is 4.66. The first-order valence-electron chi connectivity index (χ1n) is 7.73. The summed E-state index contributed by atoms with van der Waals surface area (Å²) in [4.78, 5) is 11.6. The topological polar surface area (TPSA) is 60.0 Å². The van der Waals surface area contributed by atoms with Gasteiger partial charge in [-0.15, -0.1) is 0 Å². The zero-order chi connectivity index (χ0) is 14.6. The molecule has 21 heavy (non-hydrogen) atoms. The first-order chi connectivity index (χ1) is 10.1. The Hall–Kier alpha value is -1.69. The Balaban J connectivity index is 1.53. The highest BCUT2D eigenvalue weighted by molar-refractivity contribution is 5.16. The normalized spacial score (nSPS) is 20.5. The Morgan fingerprint density at radius 1 is 1.19 bits per heavy atom. The molecule has 6 nitrogen and oxygen atoms in total. The van der Waals surface area contributed by atoms with Crippen LogP contribution >= 0.6 is 0 Å². The number of fused-ring (bicyclic) bond motifs is 1. The SMILES string of the molecule is Cc1nc2n(c1C)CCN([C@H](C)c1nc(C3CC3)no1)C2. The molecule has 0 unspecified atom stereocenters. The van der Waals surface area contributed by atoms with Crippen molar-refractivity contribution >= 4 is 0 Å². The van der Waals surface area contributed by atoms with Gasteiger partial charge in [0.25, 0.3) is 0 Å². The second-order valence-corrected chi connectivity index (χ2v) is 6.26. The molecular formula is C15H21N5O. The molecule has 0 spiro atoms. The monoisotopic (exact) mass is 287 g/mol. The zero-order valence-corrected chi connectivity index (χ0v) is 12.8. The summed E-state index contributed by atoms with van der Waals surface area (Å²) in [5.74, 6) is 3.32. The van der Waals surface area contributed by atoms with Crippen LogP contribution in [0.15, 0.2) is 4.52 Å². The van der Waals surface area contributed by atoms with Gasteiger partial charge in [-0.2, -0.15) is 4.98 Å². The van der Waals surface area contributed by atoms with Crippen molar-refractivity contribution in [3.8, 4) is 0 Å². The summed E-state index contributed by atoms with van der Waals surface area (Å²) in [7, 11) is 0. The van der Waals surface area contributed by atoms with Gasteiger partial charge in [-0.25, -0.2) is 4.98 Å². The van der Waals surface area contributed by atoms with E-state index in [9.17, 15) is 0 Å². The Morgan fingerprint density at radius 3 is 2.76 bits per heavy atom. The molecule has 1 fully saturated rings. The van der Waals surface area contributed by atoms with Crippen LogP contribution in [0, 0.1) is 13.8 Å². The third kappa shape index (κ3) is 2.18. The van der Waals surface area contributed by atoms with Gasteiger partial charge in [-0.3, -0.25) is 4.90 Å². The predicted molar refractivity (Wildman–Crippen MR) is 76.8 cm³/mol. The van der Waals surface area contributed by atoms with Gasteiger partial charge < -0.3 is 9.09 Å². The maximum absolute atomic E-state index is 5.47. The summed E-state index contributed by atoms with van der Waals surface area (Å²) < 4.78 is 7.79. The average Bonchev–Trinajstić information content (AvgIpc) is 3.15. The van der Waals surface area contributed by atoms with Crippen molar-refractivity contribution < 1.29 is 4.52 Å². The molecular weight excluding hydrogens is 266 g/mol. The number of rotatable bonds is 3. The maximum Gasteiger partial charge on any atom is 0.243 e. The van der Waals surface area contributed by atoms with E-state index in [2.05, 4.69) is 45.4 Å². The molecule has 0 saturated heterocycles. The minimum absolute atomic E-state index is 0.149. The summed E-state index contributed by atoms with van der Waals surface area (Å²) in [6, 6.07) is 0.149. The predicted octanol–water partition coefficient (Wildman–Crippen LogP) is 2.34. The highest BCUT2D eigenvalue weighted by Gasteiger charge is 2.32. The van der Waals surface area contributed by atoms with Crippen LogP contribution in [0.25, 0.3) is 0 Å². The Kier molecular flexibility index (Phi) is 2.89. The van der Waals surface area contributed by atoms with Gasteiger partial charge in [0, 0.05) is 24.7 Å². The lowest BCUT2D eigenvalue weighted by Crippen LogP contribution is -2.36. The lowest BCUT2D eigenvalue weighted by molar-refractivity contribution is 0.135. The zero-order valence-electron chi connectivity index (χ0n) is 12.8. The number of hydrogen-bond acceptors (Lipinski definition) is 5. The van der Waals surface area contributed by atoms with Crippen molar-refractivity contribution in [1.82, 2.24) is 24.6 Å². The van der Waals surface area contributed by atoms with E-state index in [1.807, 2.05) is 0 Å². The summed E-state index contributed by atoms with van der Waals surface area (Å²) in [5.41, 5.74) is 2.42. The van der Waals surface area contributed by atoms with E-state index in [1.54, 1.807) is 0 Å². The third-order valence-corrected chi connectivity index (χ3v) is 4.80. The van der Waals surface area contributed by atoms with Crippen LogP contribution in [-0.2, 0) is 13.1 Å². The van der Waals surface area contributed by atoms with Gasteiger partial charge in [-0.1, -0.05) is 5.16 Å². The van der Waals surface area contributed by atoms with Gasteiger partial charge >= 0.3 is 0 Å². The molecule has 0 bridgehead atoms. The average molecular weight is 287 g/mol. The maximum atomic E-state index is 5.47. The molecule has 2 aromatic heterocycles. The molecule has 1 atom stereocenters. The van der Waals surface area contributed by atoms with Crippen LogP contribution in [0.5, 0.6) is 0 Å². The molecule has 0 amide bonds. The van der Waals surface area contributed by atoms with E-state index in [-0.39, 0.29) is 6.04 Å². The van der Waals surface area contributed by atoms with E-state index in [0.717, 1.165) is 42.9 Å². The fourth-order valence-electron chi connectivity index (χ4n) is 3.04. The van der Waals surface area contributed by atoms with Crippen LogP contribution in [-0.4, -0.2) is 31.1 Å². The molecule has 2 aliphatic rings. The van der Waals surface area contributed by atoms with Crippen LogP contribution in [0.2, 0.25) is 0 Å². The van der Waals surface area contributed by atoms with Crippen molar-refractivity contribution in [2.75, 3.05) is 6.54 Å². The number of aryl methyl sites for hydroxylation is 1. The fraction of sp³-hybridized carbons (Fsp3) is 0.667. The lowest BCUT2D eigenvalue weighted by Gasteiger charge is -2.31. The summed E-state index contributed by atoms with van der Waals surface area (Å²) in [6.45, 7) is 9.18. The number of imidazole rings is 1. The summed E-state index contributed by atoms with van der Waals surface area (Å²) in [6.07, 6.45) is 2.40. The lowest BCUT2D eigenvalue weighted by atomic mass is 10.2. The van der Waals surface area contributed by atoms with E-state index in [0.29, 0.717) is 5.92 Å². The van der Waals surface area contributed by atoms with Crippen molar-refractivity contribution in [3.05, 3.63) is 28.9 Å².